The van der Waals surface area contributed by atoms with E-state index in [4.69, 9.17) is 0 Å². The van der Waals surface area contributed by atoms with Gasteiger partial charge in [-0.15, -0.1) is 0 Å². The molecular weight excluding hydrogens is 390 g/mol. The number of nitrogens with one attached hydrogen (secondary N) is 3. The predicted molar refractivity (Wildman–Crippen MR) is 123 cm³/mol. The summed E-state index contributed by atoms with van der Waals surface area (Å²) in [4.78, 5) is 37.1. The van der Waals surface area contributed by atoms with Gasteiger partial charge >= 0.3 is 0 Å². The van der Waals surface area contributed by atoms with Crippen molar-refractivity contribution in [3.8, 4) is 0 Å². The van der Waals surface area contributed by atoms with Crippen molar-refractivity contribution in [2.75, 3.05) is 10.6 Å². The minimum absolute atomic E-state index is 0.0285. The van der Waals surface area contributed by atoms with E-state index in [1.54, 1.807) is 24.3 Å². The summed E-state index contributed by atoms with van der Waals surface area (Å²) >= 11 is 0. The van der Waals surface area contributed by atoms with Crippen LogP contribution in [-0.2, 0) is 20.8 Å². The van der Waals surface area contributed by atoms with E-state index in [2.05, 4.69) is 22.9 Å². The third kappa shape index (κ3) is 6.95. The van der Waals surface area contributed by atoms with E-state index in [1.807, 2.05) is 30.3 Å². The highest BCUT2D eigenvalue weighted by molar-refractivity contribution is 5.98. The fraction of sp³-hybridized carbons (Fsp3) is 0.400. The molecule has 0 bridgehead atoms. The van der Waals surface area contributed by atoms with Crippen molar-refractivity contribution in [3.63, 3.8) is 0 Å². The average Bonchev–Trinajstić information content (AvgIpc) is 2.75. The Bertz CT molecular complexity index is 888. The van der Waals surface area contributed by atoms with E-state index >= 15 is 0 Å². The summed E-state index contributed by atoms with van der Waals surface area (Å²) in [6.45, 7) is 3.66. The highest BCUT2D eigenvalue weighted by Gasteiger charge is 2.28. The minimum atomic E-state index is -0.663. The topological polar surface area (TPSA) is 87.3 Å². The van der Waals surface area contributed by atoms with E-state index in [0.717, 1.165) is 31.2 Å². The molecule has 2 aromatic carbocycles. The Morgan fingerprint density at radius 1 is 0.871 bits per heavy atom. The predicted octanol–water partition coefficient (Wildman–Crippen LogP) is 4.14. The number of anilines is 2. The molecule has 3 N–H and O–H groups in total. The van der Waals surface area contributed by atoms with Crippen molar-refractivity contribution in [2.45, 2.75) is 52.0 Å². The normalized spacial score (nSPS) is 19.2. The second kappa shape index (κ2) is 10.8. The maximum absolute atomic E-state index is 13.1. The molecule has 31 heavy (non-hydrogen) atoms. The maximum atomic E-state index is 13.1. The smallest absolute Gasteiger partial charge is 0.247 e. The zero-order valence-electron chi connectivity index (χ0n) is 18.2. The summed E-state index contributed by atoms with van der Waals surface area (Å²) in [5, 5.41) is 8.59. The molecule has 0 unspecified atom stereocenters. The molecule has 1 aliphatic rings. The van der Waals surface area contributed by atoms with Gasteiger partial charge in [-0.3, -0.25) is 14.4 Å². The van der Waals surface area contributed by atoms with Crippen molar-refractivity contribution in [2.24, 2.45) is 11.8 Å². The summed E-state index contributed by atoms with van der Waals surface area (Å²) in [7, 11) is 0. The lowest BCUT2D eigenvalue weighted by molar-refractivity contribution is -0.130. The second-order valence-corrected chi connectivity index (χ2v) is 8.46. The Morgan fingerprint density at radius 2 is 1.45 bits per heavy atom. The zero-order valence-corrected chi connectivity index (χ0v) is 18.2. The third-order valence-electron chi connectivity index (χ3n) is 5.78. The van der Waals surface area contributed by atoms with Crippen LogP contribution in [0.25, 0.3) is 0 Å². The first-order chi connectivity index (χ1) is 14.9. The fourth-order valence-electron chi connectivity index (χ4n) is 3.94. The van der Waals surface area contributed by atoms with E-state index in [1.165, 1.54) is 6.92 Å². The second-order valence-electron chi connectivity index (χ2n) is 8.46. The van der Waals surface area contributed by atoms with E-state index in [-0.39, 0.29) is 23.6 Å². The number of rotatable bonds is 7. The molecule has 0 saturated heterocycles. The van der Waals surface area contributed by atoms with Crippen molar-refractivity contribution in [1.82, 2.24) is 5.32 Å². The van der Waals surface area contributed by atoms with Crippen LogP contribution in [0.5, 0.6) is 0 Å². The summed E-state index contributed by atoms with van der Waals surface area (Å²) in [5.41, 5.74) is 2.25. The summed E-state index contributed by atoms with van der Waals surface area (Å²) in [6.07, 6.45) is 4.27. The highest BCUT2D eigenvalue weighted by atomic mass is 16.2. The van der Waals surface area contributed by atoms with E-state index in [9.17, 15) is 14.4 Å². The Morgan fingerprint density at radius 3 is 2.03 bits per heavy atom. The van der Waals surface area contributed by atoms with E-state index in [0.29, 0.717) is 23.7 Å². The van der Waals surface area contributed by atoms with Gasteiger partial charge in [0.1, 0.15) is 6.04 Å². The van der Waals surface area contributed by atoms with Crippen LogP contribution in [0.4, 0.5) is 11.4 Å². The van der Waals surface area contributed by atoms with Gasteiger partial charge < -0.3 is 16.0 Å². The molecule has 0 aliphatic heterocycles. The molecule has 6 heteroatoms. The maximum Gasteiger partial charge on any atom is 0.247 e. The van der Waals surface area contributed by atoms with Crippen LogP contribution >= 0.6 is 0 Å². The number of amides is 3. The fourth-order valence-corrected chi connectivity index (χ4v) is 3.94. The average molecular weight is 422 g/mol. The largest absolute Gasteiger partial charge is 0.344 e. The van der Waals surface area contributed by atoms with Crippen LogP contribution in [0.15, 0.2) is 54.6 Å². The molecule has 6 nitrogen and oxygen atoms in total. The molecule has 1 saturated carbocycles. The monoisotopic (exact) mass is 421 g/mol. The SMILES string of the molecule is CC(=O)Nc1ccc(NC(=O)[C@H](Cc2ccccc2)NC(=O)C2CCC(C)CC2)cc1. The first kappa shape index (κ1) is 22.5. The first-order valence-corrected chi connectivity index (χ1v) is 10.9. The number of carbonyl (C=O) groups excluding carboxylic acids is 3. The Labute approximate surface area is 183 Å². The quantitative estimate of drug-likeness (QED) is 0.628. The molecule has 0 heterocycles. The van der Waals surface area contributed by atoms with Crippen LogP contribution in [0.3, 0.4) is 0 Å². The Hall–Kier alpha value is -3.15. The number of hydrogen-bond acceptors (Lipinski definition) is 3. The zero-order chi connectivity index (χ0) is 22.2. The molecule has 0 aromatic heterocycles. The summed E-state index contributed by atoms with van der Waals surface area (Å²) < 4.78 is 0. The molecule has 1 aliphatic carbocycles. The van der Waals surface area contributed by atoms with Crippen LogP contribution in [0, 0.1) is 11.8 Å². The van der Waals surface area contributed by atoms with Crippen LogP contribution < -0.4 is 16.0 Å². The Balaban J connectivity index is 1.68. The van der Waals surface area contributed by atoms with Crippen molar-refractivity contribution < 1.29 is 14.4 Å². The number of benzene rings is 2. The van der Waals surface area contributed by atoms with Crippen molar-refractivity contribution in [3.05, 3.63) is 60.2 Å². The molecule has 1 fully saturated rings. The van der Waals surface area contributed by atoms with Crippen LogP contribution in [-0.4, -0.2) is 23.8 Å². The molecule has 0 spiro atoms. The van der Waals surface area contributed by atoms with E-state index < -0.39 is 6.04 Å². The Kier molecular flexibility index (Phi) is 7.82. The van der Waals surface area contributed by atoms with Crippen molar-refractivity contribution in [1.29, 1.82) is 0 Å². The third-order valence-corrected chi connectivity index (χ3v) is 5.78. The molecule has 3 rings (SSSR count). The molecule has 3 amide bonds. The van der Waals surface area contributed by atoms with Gasteiger partial charge in [-0.05, 0) is 61.4 Å². The van der Waals surface area contributed by atoms with Gasteiger partial charge in [-0.1, -0.05) is 37.3 Å². The minimum Gasteiger partial charge on any atom is -0.344 e. The van der Waals surface area contributed by atoms with Crippen molar-refractivity contribution >= 4 is 29.1 Å². The number of hydrogen-bond donors (Lipinski definition) is 3. The van der Waals surface area contributed by atoms with Gasteiger partial charge in [0.15, 0.2) is 0 Å². The lowest BCUT2D eigenvalue weighted by atomic mass is 9.82. The lowest BCUT2D eigenvalue weighted by Gasteiger charge is -2.27. The standard InChI is InChI=1S/C25H31N3O3/c1-17-8-10-20(11-9-17)24(30)28-23(16-19-6-4-3-5-7-19)25(31)27-22-14-12-21(13-15-22)26-18(2)29/h3-7,12-15,17,20,23H,8-11,16H2,1-2H3,(H,26,29)(H,27,31)(H,28,30)/t17?,20?,23-/m0/s1. The van der Waals surface area contributed by atoms with Gasteiger partial charge in [-0.25, -0.2) is 0 Å². The summed E-state index contributed by atoms with van der Waals surface area (Å²) in [5.74, 6) is 0.185. The van der Waals surface area contributed by atoms with Gasteiger partial charge in [0.05, 0.1) is 0 Å². The number of carbonyl (C=O) groups is 3. The highest BCUT2D eigenvalue weighted by Crippen LogP contribution is 2.28. The van der Waals surface area contributed by atoms with Crippen LogP contribution in [0.1, 0.15) is 45.1 Å². The van der Waals surface area contributed by atoms with Gasteiger partial charge in [0, 0.05) is 30.6 Å². The molecule has 2 aromatic rings. The first-order valence-electron chi connectivity index (χ1n) is 10.9. The molecule has 164 valence electrons. The lowest BCUT2D eigenvalue weighted by Crippen LogP contribution is -2.47. The molecular formula is C25H31N3O3. The molecule has 1 atom stereocenters. The van der Waals surface area contributed by atoms with Crippen LogP contribution in [0.2, 0.25) is 0 Å². The summed E-state index contributed by atoms with van der Waals surface area (Å²) in [6, 6.07) is 15.9. The van der Waals surface area contributed by atoms with Gasteiger partial charge in [-0.2, -0.15) is 0 Å². The van der Waals surface area contributed by atoms with Gasteiger partial charge in [0.2, 0.25) is 17.7 Å². The van der Waals surface area contributed by atoms with Gasteiger partial charge in [0.25, 0.3) is 0 Å². The molecule has 0 radical (unpaired) electrons.